The van der Waals surface area contributed by atoms with Crippen molar-refractivity contribution in [1.29, 1.82) is 0 Å². The van der Waals surface area contributed by atoms with E-state index in [2.05, 4.69) is 9.98 Å². The Kier molecular flexibility index (Phi) is 6.08. The Bertz CT molecular complexity index is 1750. The minimum atomic E-state index is -3.15. The highest BCUT2D eigenvalue weighted by molar-refractivity contribution is 6.32. The number of hydrogen-bond acceptors (Lipinski definition) is 5. The maximum atomic E-state index is 14.3. The lowest BCUT2D eigenvalue weighted by Gasteiger charge is -2.30. The van der Waals surface area contributed by atoms with Gasteiger partial charge >= 0.3 is 5.76 Å². The van der Waals surface area contributed by atoms with Crippen molar-refractivity contribution in [3.05, 3.63) is 104 Å². The van der Waals surface area contributed by atoms with Gasteiger partial charge in [0.15, 0.2) is 5.58 Å². The molecular formula is C28H19Cl2F2N3O4. The van der Waals surface area contributed by atoms with Crippen molar-refractivity contribution in [3.63, 3.8) is 0 Å². The fourth-order valence-electron chi connectivity index (χ4n) is 4.99. The average Bonchev–Trinajstić information content (AvgIpc) is 3.54. The van der Waals surface area contributed by atoms with Gasteiger partial charge in [0.2, 0.25) is 0 Å². The van der Waals surface area contributed by atoms with Crippen LogP contribution < -0.4 is 10.5 Å². The van der Waals surface area contributed by atoms with E-state index in [0.29, 0.717) is 50.0 Å². The van der Waals surface area contributed by atoms with E-state index in [0.717, 1.165) is 11.8 Å². The largest absolute Gasteiger partial charge is 0.456 e. The van der Waals surface area contributed by atoms with Crippen molar-refractivity contribution in [2.24, 2.45) is 4.99 Å². The van der Waals surface area contributed by atoms with Gasteiger partial charge in [-0.3, -0.25) is 14.8 Å². The molecule has 3 aromatic carbocycles. The van der Waals surface area contributed by atoms with E-state index in [1.807, 2.05) is 0 Å². The highest BCUT2D eigenvalue weighted by Crippen LogP contribution is 2.46. The Morgan fingerprint density at radius 1 is 1.13 bits per heavy atom. The summed E-state index contributed by atoms with van der Waals surface area (Å²) in [6.07, 6.45) is 0. The molecule has 4 aromatic rings. The first-order valence-electron chi connectivity index (χ1n) is 11.9. The van der Waals surface area contributed by atoms with Crippen LogP contribution in [-0.2, 0) is 4.79 Å². The van der Waals surface area contributed by atoms with Crippen LogP contribution in [0, 0.1) is 0 Å². The fraction of sp³-hybridized carbons (Fsp3) is 0.179. The molecule has 1 unspecified atom stereocenters. The highest BCUT2D eigenvalue weighted by atomic mass is 35.5. The molecular weight excluding hydrogens is 551 g/mol. The van der Waals surface area contributed by atoms with Crippen LogP contribution in [0.25, 0.3) is 11.1 Å². The van der Waals surface area contributed by atoms with Crippen molar-refractivity contribution >= 4 is 45.9 Å². The van der Waals surface area contributed by atoms with E-state index in [1.54, 1.807) is 60.7 Å². The molecule has 1 aromatic heterocycles. The lowest BCUT2D eigenvalue weighted by atomic mass is 9.91. The molecule has 0 saturated heterocycles. The summed E-state index contributed by atoms with van der Waals surface area (Å²) in [6, 6.07) is 15.8. The lowest BCUT2D eigenvalue weighted by Crippen LogP contribution is -2.40. The number of alkyl halides is 2. The van der Waals surface area contributed by atoms with Gasteiger partial charge in [0.25, 0.3) is 11.8 Å². The summed E-state index contributed by atoms with van der Waals surface area (Å²) < 4.78 is 39.8. The van der Waals surface area contributed by atoms with Crippen molar-refractivity contribution < 1.29 is 22.7 Å². The molecule has 0 fully saturated rings. The SMILES string of the molecule is CC(F)(F)CN1C(=O)C2=C(C(c3cccc4[nH]c(=O)oc34)=NC2)C1c1ccc(Oc2ccc(Cl)cc2)c(Cl)c1. The van der Waals surface area contributed by atoms with Crippen molar-refractivity contribution in [2.75, 3.05) is 13.1 Å². The molecule has 7 nitrogen and oxygen atoms in total. The van der Waals surface area contributed by atoms with Crippen LogP contribution in [0.5, 0.6) is 11.5 Å². The third kappa shape index (κ3) is 4.62. The van der Waals surface area contributed by atoms with E-state index < -0.39 is 30.2 Å². The molecule has 11 heteroatoms. The fourth-order valence-corrected chi connectivity index (χ4v) is 5.35. The second-order valence-electron chi connectivity index (χ2n) is 9.41. The van der Waals surface area contributed by atoms with Crippen LogP contribution in [0.2, 0.25) is 10.0 Å². The molecule has 0 radical (unpaired) electrons. The zero-order valence-corrected chi connectivity index (χ0v) is 21.8. The molecule has 0 spiro atoms. The molecule has 6 rings (SSSR count). The van der Waals surface area contributed by atoms with Crippen molar-refractivity contribution in [3.8, 4) is 11.5 Å². The molecule has 3 heterocycles. The van der Waals surface area contributed by atoms with E-state index in [9.17, 15) is 18.4 Å². The smallest absolute Gasteiger partial charge is 0.417 e. The highest BCUT2D eigenvalue weighted by Gasteiger charge is 2.47. The first-order valence-corrected chi connectivity index (χ1v) is 12.7. The molecule has 198 valence electrons. The van der Waals surface area contributed by atoms with E-state index in [4.69, 9.17) is 32.4 Å². The van der Waals surface area contributed by atoms with Crippen molar-refractivity contribution in [1.82, 2.24) is 9.88 Å². The zero-order valence-electron chi connectivity index (χ0n) is 20.3. The summed E-state index contributed by atoms with van der Waals surface area (Å²) in [5, 5.41) is 0.776. The normalized spacial score (nSPS) is 17.3. The molecule has 1 amide bonds. The monoisotopic (exact) mass is 569 g/mol. The van der Waals surface area contributed by atoms with Gasteiger partial charge in [-0.2, -0.15) is 0 Å². The molecule has 39 heavy (non-hydrogen) atoms. The topological polar surface area (TPSA) is 87.9 Å². The number of benzene rings is 3. The van der Waals surface area contributed by atoms with Gasteiger partial charge in [-0.1, -0.05) is 35.3 Å². The van der Waals surface area contributed by atoms with Gasteiger partial charge in [0, 0.05) is 28.7 Å². The number of halogens is 4. The minimum absolute atomic E-state index is 0.0162. The number of carbonyl (C=O) groups excluding carboxylic acids is 1. The Morgan fingerprint density at radius 3 is 2.62 bits per heavy atom. The molecule has 0 bridgehead atoms. The van der Waals surface area contributed by atoms with Crippen LogP contribution in [0.15, 0.2) is 86.0 Å². The summed E-state index contributed by atoms with van der Waals surface area (Å²) in [6.45, 7) is -0.0236. The third-order valence-corrected chi connectivity index (χ3v) is 7.09. The molecule has 1 atom stereocenters. The van der Waals surface area contributed by atoms with Crippen LogP contribution in [0.4, 0.5) is 8.78 Å². The second kappa shape index (κ2) is 9.36. The quantitative estimate of drug-likeness (QED) is 0.285. The van der Waals surface area contributed by atoms with Crippen LogP contribution >= 0.6 is 23.2 Å². The Hall–Kier alpha value is -3.95. The first kappa shape index (κ1) is 25.3. The van der Waals surface area contributed by atoms with Gasteiger partial charge in [0.1, 0.15) is 11.5 Å². The van der Waals surface area contributed by atoms with Crippen LogP contribution in [0.1, 0.15) is 24.1 Å². The van der Waals surface area contributed by atoms with Gasteiger partial charge in [0.05, 0.1) is 35.4 Å². The number of para-hydroxylation sites is 1. The average molecular weight is 570 g/mol. The number of nitrogens with one attached hydrogen (secondary N) is 1. The Labute approximate surface area is 230 Å². The predicted octanol–water partition coefficient (Wildman–Crippen LogP) is 6.56. The molecule has 2 aliphatic rings. The van der Waals surface area contributed by atoms with Gasteiger partial charge in [-0.25, -0.2) is 13.6 Å². The Balaban J connectivity index is 1.43. The first-order chi connectivity index (χ1) is 18.6. The molecule has 0 aliphatic carbocycles. The molecule has 0 saturated carbocycles. The summed E-state index contributed by atoms with van der Waals surface area (Å²) >= 11 is 12.5. The summed E-state index contributed by atoms with van der Waals surface area (Å²) in [5.41, 5.74) is 2.89. The predicted molar refractivity (Wildman–Crippen MR) is 143 cm³/mol. The minimum Gasteiger partial charge on any atom is -0.456 e. The number of aromatic nitrogens is 1. The lowest BCUT2D eigenvalue weighted by molar-refractivity contribution is -0.132. The zero-order chi connectivity index (χ0) is 27.5. The summed E-state index contributed by atoms with van der Waals surface area (Å²) in [5.74, 6) is -3.48. The number of nitrogens with zero attached hydrogens (tertiary/aromatic N) is 2. The van der Waals surface area contributed by atoms with E-state index in [-0.39, 0.29) is 17.2 Å². The number of amides is 1. The van der Waals surface area contributed by atoms with Gasteiger partial charge in [-0.05, 0) is 54.1 Å². The maximum Gasteiger partial charge on any atom is 0.417 e. The van der Waals surface area contributed by atoms with Gasteiger partial charge in [-0.15, -0.1) is 0 Å². The molecule has 1 N–H and O–H groups in total. The van der Waals surface area contributed by atoms with Crippen LogP contribution in [0.3, 0.4) is 0 Å². The number of oxazole rings is 1. The number of H-pyrrole nitrogens is 1. The summed E-state index contributed by atoms with van der Waals surface area (Å²) in [4.78, 5) is 33.6. The number of ether oxygens (including phenoxy) is 1. The van der Waals surface area contributed by atoms with Crippen LogP contribution in [-0.4, -0.2) is 40.5 Å². The number of rotatable bonds is 6. The number of fused-ring (bicyclic) bond motifs is 1. The number of aromatic amines is 1. The number of aliphatic imine (C=N–C) groups is 1. The number of carbonyl (C=O) groups is 1. The van der Waals surface area contributed by atoms with Gasteiger partial charge < -0.3 is 14.1 Å². The van der Waals surface area contributed by atoms with E-state index >= 15 is 0 Å². The number of hydrogen-bond donors (Lipinski definition) is 1. The van der Waals surface area contributed by atoms with E-state index in [1.165, 1.54) is 0 Å². The standard InChI is InChI=1S/C28H19Cl2F2N3O4/c1-28(31,32)13-35-24(14-5-10-21(19(30)11-14)38-16-8-6-15(29)7-9-16)22-18(26(35)36)12-33-23(22)17-3-2-4-20-25(17)39-27(37)34-20/h2-11,24H,12-13H2,1H3,(H,34,37). The second-order valence-corrected chi connectivity index (χ2v) is 10.2. The Morgan fingerprint density at radius 2 is 1.90 bits per heavy atom. The maximum absolute atomic E-state index is 14.3. The molecule has 2 aliphatic heterocycles. The third-order valence-electron chi connectivity index (χ3n) is 6.54. The summed E-state index contributed by atoms with van der Waals surface area (Å²) in [7, 11) is 0. The van der Waals surface area contributed by atoms with Crippen molar-refractivity contribution in [2.45, 2.75) is 18.9 Å².